The summed E-state index contributed by atoms with van der Waals surface area (Å²) in [4.78, 5) is 24.7. The van der Waals surface area contributed by atoms with Crippen molar-refractivity contribution in [3.8, 4) is 0 Å². The van der Waals surface area contributed by atoms with Gasteiger partial charge in [-0.3, -0.25) is 14.9 Å². The van der Waals surface area contributed by atoms with Crippen molar-refractivity contribution >= 4 is 17.3 Å². The van der Waals surface area contributed by atoms with Gasteiger partial charge in [-0.2, -0.15) is 0 Å². The first-order chi connectivity index (χ1) is 11.6. The number of para-hydroxylation sites is 2. The van der Waals surface area contributed by atoms with E-state index >= 15 is 0 Å². The highest BCUT2D eigenvalue weighted by Gasteiger charge is 2.15. The van der Waals surface area contributed by atoms with Crippen LogP contribution in [0.2, 0.25) is 0 Å². The summed E-state index contributed by atoms with van der Waals surface area (Å²) in [7, 11) is 0. The van der Waals surface area contributed by atoms with Gasteiger partial charge in [-0.25, -0.2) is 0 Å². The second-order valence-corrected chi connectivity index (χ2v) is 6.33. The molecule has 0 aromatic heterocycles. The average molecular weight is 334 g/mol. The minimum absolute atomic E-state index is 0.0252. The largest absolute Gasteiger partial charge is 0.379 e. The third-order valence-corrected chi connectivity index (χ3v) is 4.39. The first-order valence-electron chi connectivity index (χ1n) is 8.52. The van der Waals surface area contributed by atoms with Gasteiger partial charge in [-0.15, -0.1) is 0 Å². The number of carbonyl (C=O) groups excluding carboxylic acids is 1. The minimum Gasteiger partial charge on any atom is -0.379 e. The number of hydrogen-bond donors (Lipinski definition) is 2. The predicted octanol–water partition coefficient (Wildman–Crippen LogP) is 2.24. The molecule has 1 fully saturated rings. The van der Waals surface area contributed by atoms with Crippen molar-refractivity contribution in [1.29, 1.82) is 0 Å². The van der Waals surface area contributed by atoms with Crippen LogP contribution in [-0.2, 0) is 4.79 Å². The SMILES string of the molecule is CC1CCN(CCNC(=O)CCNc2ccccc2[N+](=O)[O-])CC1. The van der Waals surface area contributed by atoms with Crippen molar-refractivity contribution in [3.63, 3.8) is 0 Å². The second kappa shape index (κ2) is 9.22. The molecule has 0 saturated carbocycles. The van der Waals surface area contributed by atoms with Gasteiger partial charge in [0.2, 0.25) is 5.91 Å². The summed E-state index contributed by atoms with van der Waals surface area (Å²) in [6, 6.07) is 6.45. The molecular formula is C17H26N4O3. The molecule has 2 N–H and O–H groups in total. The summed E-state index contributed by atoms with van der Waals surface area (Å²) < 4.78 is 0. The van der Waals surface area contributed by atoms with Crippen LogP contribution in [0.25, 0.3) is 0 Å². The van der Waals surface area contributed by atoms with Crippen molar-refractivity contribution in [2.24, 2.45) is 5.92 Å². The monoisotopic (exact) mass is 334 g/mol. The van der Waals surface area contributed by atoms with E-state index in [0.29, 0.717) is 25.2 Å². The number of amides is 1. The first kappa shape index (κ1) is 18.2. The molecule has 132 valence electrons. The number of nitro groups is 1. The van der Waals surface area contributed by atoms with Crippen LogP contribution in [0.1, 0.15) is 26.2 Å². The van der Waals surface area contributed by atoms with Gasteiger partial charge in [-0.1, -0.05) is 19.1 Å². The van der Waals surface area contributed by atoms with Crippen LogP contribution in [0.4, 0.5) is 11.4 Å². The number of nitro benzene ring substituents is 1. The second-order valence-electron chi connectivity index (χ2n) is 6.33. The van der Waals surface area contributed by atoms with Crippen molar-refractivity contribution in [2.75, 3.05) is 38.0 Å². The fourth-order valence-corrected chi connectivity index (χ4v) is 2.82. The lowest BCUT2D eigenvalue weighted by molar-refractivity contribution is -0.384. The molecule has 1 aliphatic rings. The first-order valence-corrected chi connectivity index (χ1v) is 8.52. The molecule has 7 nitrogen and oxygen atoms in total. The molecule has 1 heterocycles. The van der Waals surface area contributed by atoms with E-state index in [1.54, 1.807) is 18.2 Å². The van der Waals surface area contributed by atoms with Crippen LogP contribution in [0.3, 0.4) is 0 Å². The molecule has 0 bridgehead atoms. The lowest BCUT2D eigenvalue weighted by Gasteiger charge is -2.30. The number of carbonyl (C=O) groups is 1. The molecule has 1 saturated heterocycles. The van der Waals surface area contributed by atoms with Gasteiger partial charge in [0.1, 0.15) is 5.69 Å². The molecule has 2 rings (SSSR count). The van der Waals surface area contributed by atoms with Gasteiger partial charge in [-0.05, 0) is 37.9 Å². The summed E-state index contributed by atoms with van der Waals surface area (Å²) in [5.41, 5.74) is 0.468. The fraction of sp³-hybridized carbons (Fsp3) is 0.588. The van der Waals surface area contributed by atoms with Crippen LogP contribution >= 0.6 is 0 Å². The molecule has 1 aliphatic heterocycles. The van der Waals surface area contributed by atoms with Crippen LogP contribution in [0, 0.1) is 16.0 Å². The van der Waals surface area contributed by atoms with Crippen LogP contribution in [0.5, 0.6) is 0 Å². The maximum atomic E-state index is 11.8. The van der Waals surface area contributed by atoms with E-state index in [9.17, 15) is 14.9 Å². The Labute approximate surface area is 142 Å². The van der Waals surface area contributed by atoms with Gasteiger partial charge in [0.15, 0.2) is 0 Å². The molecule has 1 amide bonds. The molecule has 0 aliphatic carbocycles. The van der Waals surface area contributed by atoms with Gasteiger partial charge in [0, 0.05) is 32.1 Å². The zero-order valence-corrected chi connectivity index (χ0v) is 14.2. The van der Waals surface area contributed by atoms with Crippen LogP contribution in [-0.4, -0.2) is 48.5 Å². The van der Waals surface area contributed by atoms with E-state index in [4.69, 9.17) is 0 Å². The molecule has 7 heteroatoms. The third kappa shape index (κ3) is 5.81. The number of anilines is 1. The van der Waals surface area contributed by atoms with Crippen LogP contribution < -0.4 is 10.6 Å². The number of hydrogen-bond acceptors (Lipinski definition) is 5. The predicted molar refractivity (Wildman–Crippen MR) is 94.1 cm³/mol. The summed E-state index contributed by atoms with van der Waals surface area (Å²) >= 11 is 0. The van der Waals surface area contributed by atoms with Crippen molar-refractivity contribution < 1.29 is 9.72 Å². The van der Waals surface area contributed by atoms with Crippen molar-refractivity contribution in [3.05, 3.63) is 34.4 Å². The Kier molecular flexibility index (Phi) is 6.99. The highest BCUT2D eigenvalue weighted by Crippen LogP contribution is 2.22. The van der Waals surface area contributed by atoms with Gasteiger partial charge in [0.25, 0.3) is 5.69 Å². The highest BCUT2D eigenvalue weighted by molar-refractivity contribution is 5.76. The number of benzene rings is 1. The summed E-state index contributed by atoms with van der Waals surface area (Å²) in [5, 5.41) is 16.8. The molecular weight excluding hydrogens is 308 g/mol. The van der Waals surface area contributed by atoms with E-state index in [-0.39, 0.29) is 11.6 Å². The Morgan fingerprint density at radius 1 is 1.29 bits per heavy atom. The van der Waals surface area contributed by atoms with E-state index in [1.165, 1.54) is 18.9 Å². The quantitative estimate of drug-likeness (QED) is 0.562. The zero-order valence-electron chi connectivity index (χ0n) is 14.2. The molecule has 1 aromatic rings. The average Bonchev–Trinajstić information content (AvgIpc) is 2.57. The molecule has 0 atom stereocenters. The molecule has 0 unspecified atom stereocenters. The lowest BCUT2D eigenvalue weighted by Crippen LogP contribution is -2.39. The van der Waals surface area contributed by atoms with Gasteiger partial charge < -0.3 is 15.5 Å². The van der Waals surface area contributed by atoms with E-state index < -0.39 is 4.92 Å². The standard InChI is InChI=1S/C17H26N4O3/c1-14-7-11-20(12-8-14)13-10-19-17(22)6-9-18-15-4-2-3-5-16(15)21(23)24/h2-5,14,18H,6-13H2,1H3,(H,19,22). The number of piperidine rings is 1. The molecule has 24 heavy (non-hydrogen) atoms. The Balaban J connectivity index is 1.62. The fourth-order valence-electron chi connectivity index (χ4n) is 2.82. The maximum absolute atomic E-state index is 11.8. The summed E-state index contributed by atoms with van der Waals surface area (Å²) in [6.07, 6.45) is 2.75. The van der Waals surface area contributed by atoms with Gasteiger partial charge >= 0.3 is 0 Å². The Hall–Kier alpha value is -2.15. The number of likely N-dealkylation sites (tertiary alicyclic amines) is 1. The highest BCUT2D eigenvalue weighted by atomic mass is 16.6. The molecule has 0 spiro atoms. The smallest absolute Gasteiger partial charge is 0.292 e. The number of nitrogens with one attached hydrogen (secondary N) is 2. The topological polar surface area (TPSA) is 87.5 Å². The number of nitrogens with zero attached hydrogens (tertiary/aromatic N) is 2. The summed E-state index contributed by atoms with van der Waals surface area (Å²) in [5.74, 6) is 0.774. The summed E-state index contributed by atoms with van der Waals surface area (Å²) in [6.45, 7) is 6.41. The Morgan fingerprint density at radius 3 is 2.71 bits per heavy atom. The lowest BCUT2D eigenvalue weighted by atomic mass is 9.99. The van der Waals surface area contributed by atoms with Gasteiger partial charge in [0.05, 0.1) is 4.92 Å². The number of rotatable bonds is 8. The Morgan fingerprint density at radius 2 is 2.00 bits per heavy atom. The normalized spacial score (nSPS) is 15.9. The molecule has 0 radical (unpaired) electrons. The Bertz CT molecular complexity index is 557. The van der Waals surface area contributed by atoms with Crippen molar-refractivity contribution in [1.82, 2.24) is 10.2 Å². The van der Waals surface area contributed by atoms with Crippen LogP contribution in [0.15, 0.2) is 24.3 Å². The molecule has 1 aromatic carbocycles. The van der Waals surface area contributed by atoms with E-state index in [0.717, 1.165) is 25.6 Å². The van der Waals surface area contributed by atoms with E-state index in [1.807, 2.05) is 0 Å². The maximum Gasteiger partial charge on any atom is 0.292 e. The zero-order chi connectivity index (χ0) is 17.4. The van der Waals surface area contributed by atoms with Crippen molar-refractivity contribution in [2.45, 2.75) is 26.2 Å². The minimum atomic E-state index is -0.429. The van der Waals surface area contributed by atoms with E-state index in [2.05, 4.69) is 22.5 Å². The third-order valence-electron chi connectivity index (χ3n) is 4.39.